The first kappa shape index (κ1) is 16.4. The van der Waals surface area contributed by atoms with Gasteiger partial charge in [0.1, 0.15) is 0 Å². The molecule has 0 N–H and O–H groups in total. The van der Waals surface area contributed by atoms with Gasteiger partial charge in [0, 0.05) is 5.56 Å². The molecule has 3 rings (SSSR count). The molecule has 0 aromatic heterocycles. The molecule has 2 aromatic rings. The number of rotatable bonds is 4. The zero-order chi connectivity index (χ0) is 17.3. The lowest BCUT2D eigenvalue weighted by atomic mass is 9.76. The van der Waals surface area contributed by atoms with Gasteiger partial charge in [-0.3, -0.25) is 9.59 Å². The predicted octanol–water partition coefficient (Wildman–Crippen LogP) is 4.70. The normalized spacial score (nSPS) is 20.5. The molecule has 0 unspecified atom stereocenters. The van der Waals surface area contributed by atoms with E-state index in [0.717, 1.165) is 17.2 Å². The molecule has 0 heterocycles. The number of fused-ring (bicyclic) bond motifs is 1. The number of esters is 1. The third-order valence-electron chi connectivity index (χ3n) is 4.72. The summed E-state index contributed by atoms with van der Waals surface area (Å²) < 4.78 is 5.42. The van der Waals surface area contributed by atoms with Crippen molar-refractivity contribution < 1.29 is 14.3 Å². The molecule has 1 atom stereocenters. The van der Waals surface area contributed by atoms with Crippen LogP contribution in [0.5, 0.6) is 0 Å². The topological polar surface area (TPSA) is 43.4 Å². The molecule has 2 aromatic carbocycles. The van der Waals surface area contributed by atoms with Gasteiger partial charge < -0.3 is 4.74 Å². The summed E-state index contributed by atoms with van der Waals surface area (Å²) >= 11 is 0. The standard InChI is InChI=1S/C21H22O3/c1-14(2)24-20(23)21(12-6-7-15(21)3)19(22)18-11-10-16-8-4-5-9-17(16)13-18/h4-5,8-11,13-14H,3,6-7,12H2,1-2H3/t21-/m1/s1. The van der Waals surface area contributed by atoms with Crippen molar-refractivity contribution in [3.63, 3.8) is 0 Å². The summed E-state index contributed by atoms with van der Waals surface area (Å²) in [6.07, 6.45) is 1.69. The van der Waals surface area contributed by atoms with E-state index in [1.54, 1.807) is 19.9 Å². The Morgan fingerprint density at radius 1 is 1.12 bits per heavy atom. The van der Waals surface area contributed by atoms with Crippen LogP contribution in [0.4, 0.5) is 0 Å². The molecule has 3 heteroatoms. The molecule has 0 aliphatic heterocycles. The molecular weight excluding hydrogens is 300 g/mol. The van der Waals surface area contributed by atoms with Crippen LogP contribution in [-0.4, -0.2) is 17.9 Å². The molecule has 24 heavy (non-hydrogen) atoms. The summed E-state index contributed by atoms with van der Waals surface area (Å²) in [5.41, 5.74) is -0.0176. The van der Waals surface area contributed by atoms with E-state index >= 15 is 0 Å². The lowest BCUT2D eigenvalue weighted by Gasteiger charge is -2.28. The Hall–Kier alpha value is -2.42. The van der Waals surface area contributed by atoms with E-state index in [-0.39, 0.29) is 11.9 Å². The van der Waals surface area contributed by atoms with Gasteiger partial charge in [-0.05, 0) is 49.9 Å². The summed E-state index contributed by atoms with van der Waals surface area (Å²) in [5.74, 6) is -0.653. The van der Waals surface area contributed by atoms with Crippen molar-refractivity contribution in [3.8, 4) is 0 Å². The first-order valence-corrected chi connectivity index (χ1v) is 8.38. The number of hydrogen-bond acceptors (Lipinski definition) is 3. The van der Waals surface area contributed by atoms with E-state index in [2.05, 4.69) is 6.58 Å². The minimum absolute atomic E-state index is 0.193. The van der Waals surface area contributed by atoms with Gasteiger partial charge in [0.25, 0.3) is 0 Å². The summed E-state index contributed by atoms with van der Waals surface area (Å²) in [4.78, 5) is 26.0. The zero-order valence-corrected chi connectivity index (χ0v) is 14.2. The van der Waals surface area contributed by atoms with E-state index < -0.39 is 11.4 Å². The minimum atomic E-state index is -1.23. The molecule has 1 saturated carbocycles. The molecule has 0 amide bonds. The van der Waals surface area contributed by atoms with Crippen molar-refractivity contribution in [1.29, 1.82) is 0 Å². The Bertz CT molecular complexity index is 819. The van der Waals surface area contributed by atoms with Crippen LogP contribution >= 0.6 is 0 Å². The Balaban J connectivity index is 2.05. The fourth-order valence-corrected chi connectivity index (χ4v) is 3.46. The molecule has 124 valence electrons. The van der Waals surface area contributed by atoms with Crippen LogP contribution in [0.3, 0.4) is 0 Å². The van der Waals surface area contributed by atoms with E-state index in [9.17, 15) is 9.59 Å². The minimum Gasteiger partial charge on any atom is -0.462 e. The number of hydrogen-bond donors (Lipinski definition) is 0. The molecule has 3 nitrogen and oxygen atoms in total. The van der Waals surface area contributed by atoms with E-state index in [0.29, 0.717) is 24.0 Å². The molecular formula is C21H22O3. The van der Waals surface area contributed by atoms with Crippen LogP contribution in [-0.2, 0) is 9.53 Å². The van der Waals surface area contributed by atoms with E-state index in [1.165, 1.54) is 0 Å². The largest absolute Gasteiger partial charge is 0.462 e. The summed E-state index contributed by atoms with van der Waals surface area (Å²) in [6, 6.07) is 13.4. The third-order valence-corrected chi connectivity index (χ3v) is 4.72. The number of carbonyl (C=O) groups is 2. The maximum Gasteiger partial charge on any atom is 0.324 e. The SMILES string of the molecule is C=C1CCC[C@]1(C(=O)OC(C)C)C(=O)c1ccc2ccccc2c1. The average Bonchev–Trinajstić information content (AvgIpc) is 2.95. The first-order chi connectivity index (χ1) is 11.4. The highest BCUT2D eigenvalue weighted by molar-refractivity contribution is 6.16. The zero-order valence-electron chi connectivity index (χ0n) is 14.2. The molecule has 1 aliphatic carbocycles. The lowest BCUT2D eigenvalue weighted by Crippen LogP contribution is -2.40. The molecule has 0 spiro atoms. The highest BCUT2D eigenvalue weighted by Crippen LogP contribution is 2.46. The highest BCUT2D eigenvalue weighted by atomic mass is 16.5. The van der Waals surface area contributed by atoms with Crippen LogP contribution < -0.4 is 0 Å². The number of benzene rings is 2. The quantitative estimate of drug-likeness (QED) is 0.355. The van der Waals surface area contributed by atoms with Gasteiger partial charge in [0.15, 0.2) is 11.2 Å². The second-order valence-corrected chi connectivity index (χ2v) is 6.71. The van der Waals surface area contributed by atoms with Gasteiger partial charge >= 0.3 is 5.97 Å². The van der Waals surface area contributed by atoms with E-state index in [4.69, 9.17) is 4.74 Å². The van der Waals surface area contributed by atoms with E-state index in [1.807, 2.05) is 36.4 Å². The second-order valence-electron chi connectivity index (χ2n) is 6.71. The van der Waals surface area contributed by atoms with Crippen molar-refractivity contribution in [3.05, 3.63) is 60.2 Å². The Morgan fingerprint density at radius 3 is 2.46 bits per heavy atom. The molecule has 1 aliphatic rings. The van der Waals surface area contributed by atoms with Gasteiger partial charge in [-0.15, -0.1) is 0 Å². The second kappa shape index (κ2) is 6.23. The van der Waals surface area contributed by atoms with Gasteiger partial charge in [-0.25, -0.2) is 0 Å². The number of ketones is 1. The number of Topliss-reactive ketones (excluding diaryl/α,β-unsaturated/α-hetero) is 1. The third kappa shape index (κ3) is 2.64. The molecule has 0 saturated heterocycles. The maximum atomic E-state index is 13.3. The Morgan fingerprint density at radius 2 is 1.83 bits per heavy atom. The fourth-order valence-electron chi connectivity index (χ4n) is 3.46. The lowest BCUT2D eigenvalue weighted by molar-refractivity contribution is -0.154. The molecule has 0 radical (unpaired) electrons. The Labute approximate surface area is 142 Å². The van der Waals surface area contributed by atoms with Crippen LogP contribution in [0.15, 0.2) is 54.6 Å². The van der Waals surface area contributed by atoms with Crippen LogP contribution in [0.1, 0.15) is 43.5 Å². The van der Waals surface area contributed by atoms with Gasteiger partial charge in [0.05, 0.1) is 6.10 Å². The Kier molecular flexibility index (Phi) is 4.27. The van der Waals surface area contributed by atoms with Crippen molar-refractivity contribution in [2.45, 2.75) is 39.2 Å². The number of ether oxygens (including phenoxy) is 1. The van der Waals surface area contributed by atoms with Crippen LogP contribution in [0, 0.1) is 5.41 Å². The molecule has 1 fully saturated rings. The van der Waals surface area contributed by atoms with Crippen LogP contribution in [0.25, 0.3) is 10.8 Å². The average molecular weight is 322 g/mol. The van der Waals surface area contributed by atoms with Crippen molar-refractivity contribution >= 4 is 22.5 Å². The molecule has 0 bridgehead atoms. The van der Waals surface area contributed by atoms with Gasteiger partial charge in [-0.1, -0.05) is 48.6 Å². The van der Waals surface area contributed by atoms with Crippen molar-refractivity contribution in [2.24, 2.45) is 5.41 Å². The smallest absolute Gasteiger partial charge is 0.324 e. The maximum absolute atomic E-state index is 13.3. The highest BCUT2D eigenvalue weighted by Gasteiger charge is 2.52. The monoisotopic (exact) mass is 322 g/mol. The predicted molar refractivity (Wildman–Crippen MR) is 94.9 cm³/mol. The van der Waals surface area contributed by atoms with Crippen molar-refractivity contribution in [2.75, 3.05) is 0 Å². The number of carbonyl (C=O) groups excluding carboxylic acids is 2. The van der Waals surface area contributed by atoms with Gasteiger partial charge in [0.2, 0.25) is 0 Å². The van der Waals surface area contributed by atoms with Gasteiger partial charge in [-0.2, -0.15) is 0 Å². The summed E-state index contributed by atoms with van der Waals surface area (Å²) in [7, 11) is 0. The summed E-state index contributed by atoms with van der Waals surface area (Å²) in [6.45, 7) is 7.61. The summed E-state index contributed by atoms with van der Waals surface area (Å²) in [5, 5.41) is 2.05. The van der Waals surface area contributed by atoms with Crippen molar-refractivity contribution in [1.82, 2.24) is 0 Å². The fraction of sp³-hybridized carbons (Fsp3) is 0.333. The van der Waals surface area contributed by atoms with Crippen LogP contribution in [0.2, 0.25) is 0 Å². The first-order valence-electron chi connectivity index (χ1n) is 8.38.